The van der Waals surface area contributed by atoms with E-state index in [0.717, 1.165) is 5.56 Å². The van der Waals surface area contributed by atoms with E-state index < -0.39 is 30.4 Å². The lowest BCUT2D eigenvalue weighted by molar-refractivity contribution is -0.200. The average Bonchev–Trinajstić information content (AvgIpc) is 2.44. The van der Waals surface area contributed by atoms with E-state index in [1.54, 1.807) is 24.3 Å². The van der Waals surface area contributed by atoms with E-state index in [2.05, 4.69) is 0 Å². The number of carbonyl (C=O) groups excluding carboxylic acids is 2. The van der Waals surface area contributed by atoms with Crippen molar-refractivity contribution in [2.45, 2.75) is 25.9 Å². The van der Waals surface area contributed by atoms with E-state index in [0.29, 0.717) is 12.7 Å². The number of ether oxygens (including phenoxy) is 1. The molecule has 0 aliphatic heterocycles. The molecule has 2 atom stereocenters. The number of alkyl halides is 3. The SMILES string of the molecule is CC(C=O)CC(C(=O)OCCc1ccccc1)C(F)(F)F. The first kappa shape index (κ1) is 17.2. The van der Waals surface area contributed by atoms with Gasteiger partial charge in [0.05, 0.1) is 6.61 Å². The zero-order valence-corrected chi connectivity index (χ0v) is 11.6. The van der Waals surface area contributed by atoms with Gasteiger partial charge in [0.15, 0.2) is 5.92 Å². The van der Waals surface area contributed by atoms with Crippen molar-refractivity contribution in [1.82, 2.24) is 0 Å². The first-order valence-corrected chi connectivity index (χ1v) is 6.57. The molecular formula is C15H17F3O3. The number of hydrogen-bond donors (Lipinski definition) is 0. The second-order valence-corrected chi connectivity index (χ2v) is 4.85. The van der Waals surface area contributed by atoms with Gasteiger partial charge in [-0.25, -0.2) is 0 Å². The topological polar surface area (TPSA) is 43.4 Å². The van der Waals surface area contributed by atoms with Crippen LogP contribution < -0.4 is 0 Å². The molecule has 1 aromatic carbocycles. The maximum atomic E-state index is 12.8. The van der Waals surface area contributed by atoms with Gasteiger partial charge in [0.1, 0.15) is 6.29 Å². The van der Waals surface area contributed by atoms with Gasteiger partial charge in [-0.2, -0.15) is 13.2 Å². The molecule has 0 N–H and O–H groups in total. The number of carbonyl (C=O) groups is 2. The molecule has 116 valence electrons. The van der Waals surface area contributed by atoms with Crippen LogP contribution in [-0.2, 0) is 20.7 Å². The molecule has 0 saturated heterocycles. The molecule has 0 spiro atoms. The molecule has 0 aliphatic carbocycles. The Kier molecular flexibility index (Phi) is 6.39. The first-order chi connectivity index (χ1) is 9.84. The summed E-state index contributed by atoms with van der Waals surface area (Å²) in [5, 5.41) is 0. The number of halogens is 3. The van der Waals surface area contributed by atoms with Crippen LogP contribution >= 0.6 is 0 Å². The van der Waals surface area contributed by atoms with Crippen LogP contribution in [0.15, 0.2) is 30.3 Å². The van der Waals surface area contributed by atoms with Gasteiger partial charge in [-0.05, 0) is 12.0 Å². The molecule has 6 heteroatoms. The minimum absolute atomic E-state index is 0.120. The van der Waals surface area contributed by atoms with E-state index in [4.69, 9.17) is 4.74 Å². The lowest BCUT2D eigenvalue weighted by Crippen LogP contribution is -2.34. The molecule has 2 unspecified atom stereocenters. The lowest BCUT2D eigenvalue weighted by Gasteiger charge is -2.20. The summed E-state index contributed by atoms with van der Waals surface area (Å²) < 4.78 is 43.1. The van der Waals surface area contributed by atoms with Crippen molar-refractivity contribution in [3.05, 3.63) is 35.9 Å². The third kappa shape index (κ3) is 5.97. The minimum Gasteiger partial charge on any atom is -0.465 e. The van der Waals surface area contributed by atoms with Crippen LogP contribution in [-0.4, -0.2) is 25.0 Å². The van der Waals surface area contributed by atoms with E-state index in [1.807, 2.05) is 6.07 Å². The van der Waals surface area contributed by atoms with Gasteiger partial charge in [-0.3, -0.25) is 4.79 Å². The maximum absolute atomic E-state index is 12.8. The molecule has 21 heavy (non-hydrogen) atoms. The van der Waals surface area contributed by atoms with Crippen LogP contribution in [0.1, 0.15) is 18.9 Å². The molecule has 3 nitrogen and oxygen atoms in total. The summed E-state index contributed by atoms with van der Waals surface area (Å²) in [4.78, 5) is 22.0. The fourth-order valence-electron chi connectivity index (χ4n) is 1.81. The molecule has 0 fully saturated rings. The normalized spacial score (nSPS) is 14.3. The molecule has 0 bridgehead atoms. The molecular weight excluding hydrogens is 285 g/mol. The maximum Gasteiger partial charge on any atom is 0.402 e. The molecule has 1 aromatic rings. The summed E-state index contributed by atoms with van der Waals surface area (Å²) in [6.07, 6.45) is -4.55. The highest BCUT2D eigenvalue weighted by Crippen LogP contribution is 2.32. The molecule has 0 radical (unpaired) electrons. The summed E-state index contributed by atoms with van der Waals surface area (Å²) in [5.74, 6) is -4.43. The van der Waals surface area contributed by atoms with Crippen LogP contribution in [0.2, 0.25) is 0 Å². The van der Waals surface area contributed by atoms with Crippen LogP contribution in [0.25, 0.3) is 0 Å². The molecule has 0 heterocycles. The van der Waals surface area contributed by atoms with Gasteiger partial charge in [-0.15, -0.1) is 0 Å². The zero-order valence-electron chi connectivity index (χ0n) is 11.6. The van der Waals surface area contributed by atoms with Crippen LogP contribution in [0.3, 0.4) is 0 Å². The molecule has 0 saturated carbocycles. The largest absolute Gasteiger partial charge is 0.465 e. The Balaban J connectivity index is 2.54. The predicted molar refractivity (Wildman–Crippen MR) is 70.5 cm³/mol. The van der Waals surface area contributed by atoms with Crippen molar-refractivity contribution in [2.24, 2.45) is 11.8 Å². The van der Waals surface area contributed by atoms with Crippen LogP contribution in [0.4, 0.5) is 13.2 Å². The second-order valence-electron chi connectivity index (χ2n) is 4.85. The van der Waals surface area contributed by atoms with Gasteiger partial charge in [0.2, 0.25) is 0 Å². The smallest absolute Gasteiger partial charge is 0.402 e. The van der Waals surface area contributed by atoms with E-state index >= 15 is 0 Å². The Bertz CT molecular complexity index is 457. The Morgan fingerprint density at radius 1 is 1.29 bits per heavy atom. The number of rotatable bonds is 7. The monoisotopic (exact) mass is 302 g/mol. The van der Waals surface area contributed by atoms with E-state index in [-0.39, 0.29) is 6.61 Å². The van der Waals surface area contributed by atoms with Gasteiger partial charge < -0.3 is 9.53 Å². The van der Waals surface area contributed by atoms with Gasteiger partial charge in [0, 0.05) is 12.3 Å². The highest BCUT2D eigenvalue weighted by molar-refractivity contribution is 5.74. The Hall–Kier alpha value is -1.85. The van der Waals surface area contributed by atoms with Crippen molar-refractivity contribution >= 4 is 12.3 Å². The summed E-state index contributed by atoms with van der Waals surface area (Å²) in [6.45, 7) is 1.22. The molecule has 1 rings (SSSR count). The molecule has 0 aliphatic rings. The highest BCUT2D eigenvalue weighted by Gasteiger charge is 2.46. The van der Waals surface area contributed by atoms with Crippen molar-refractivity contribution < 1.29 is 27.5 Å². The van der Waals surface area contributed by atoms with E-state index in [9.17, 15) is 22.8 Å². The van der Waals surface area contributed by atoms with Crippen LogP contribution in [0.5, 0.6) is 0 Å². The van der Waals surface area contributed by atoms with Gasteiger partial charge in [-0.1, -0.05) is 37.3 Å². The number of aldehydes is 1. The lowest BCUT2D eigenvalue weighted by atomic mass is 9.96. The van der Waals surface area contributed by atoms with Crippen molar-refractivity contribution in [2.75, 3.05) is 6.61 Å². The third-order valence-corrected chi connectivity index (χ3v) is 3.00. The van der Waals surface area contributed by atoms with Gasteiger partial charge >= 0.3 is 12.1 Å². The fraction of sp³-hybridized carbons (Fsp3) is 0.467. The zero-order chi connectivity index (χ0) is 15.9. The first-order valence-electron chi connectivity index (χ1n) is 6.57. The van der Waals surface area contributed by atoms with Crippen molar-refractivity contribution in [3.63, 3.8) is 0 Å². The second kappa shape index (κ2) is 7.81. The number of benzene rings is 1. The summed E-state index contributed by atoms with van der Waals surface area (Å²) >= 11 is 0. The average molecular weight is 302 g/mol. The Labute approximate surface area is 121 Å². The van der Waals surface area contributed by atoms with Crippen molar-refractivity contribution in [3.8, 4) is 0 Å². The molecule has 0 aromatic heterocycles. The van der Waals surface area contributed by atoms with E-state index in [1.165, 1.54) is 6.92 Å². The standard InChI is InChI=1S/C15H17F3O3/c1-11(10-19)9-13(15(16,17)18)14(20)21-8-7-12-5-3-2-4-6-12/h2-6,10-11,13H,7-9H2,1H3. The number of hydrogen-bond acceptors (Lipinski definition) is 3. The third-order valence-electron chi connectivity index (χ3n) is 3.00. The highest BCUT2D eigenvalue weighted by atomic mass is 19.4. The fourth-order valence-corrected chi connectivity index (χ4v) is 1.81. The quantitative estimate of drug-likeness (QED) is 0.574. The van der Waals surface area contributed by atoms with Gasteiger partial charge in [0.25, 0.3) is 0 Å². The molecule has 0 amide bonds. The summed E-state index contributed by atoms with van der Waals surface area (Å²) in [5.41, 5.74) is 0.870. The predicted octanol–water partition coefficient (Wildman–Crippen LogP) is 3.18. The van der Waals surface area contributed by atoms with Crippen LogP contribution in [0, 0.1) is 11.8 Å². The Morgan fingerprint density at radius 2 is 1.90 bits per heavy atom. The summed E-state index contributed by atoms with van der Waals surface area (Å²) in [7, 11) is 0. The Morgan fingerprint density at radius 3 is 2.43 bits per heavy atom. The van der Waals surface area contributed by atoms with Crippen molar-refractivity contribution in [1.29, 1.82) is 0 Å². The number of esters is 1. The minimum atomic E-state index is -4.71. The summed E-state index contributed by atoms with van der Waals surface area (Å²) in [6, 6.07) is 8.99.